The number of halogens is 1. The Labute approximate surface area is 90.1 Å². The van der Waals surface area contributed by atoms with Crippen molar-refractivity contribution >= 4 is 22.2 Å². The van der Waals surface area contributed by atoms with E-state index < -0.39 is 0 Å². The minimum atomic E-state index is 0.603. The van der Waals surface area contributed by atoms with Crippen LogP contribution in [0.25, 0.3) is 0 Å². The van der Waals surface area contributed by atoms with Gasteiger partial charge in [-0.1, -0.05) is 0 Å². The summed E-state index contributed by atoms with van der Waals surface area (Å²) in [5, 5.41) is 0. The molecule has 2 rings (SSSR count). The summed E-state index contributed by atoms with van der Waals surface area (Å²) in [4.78, 5) is 10.8. The molecule has 0 aliphatic carbocycles. The van der Waals surface area contributed by atoms with E-state index in [1.165, 1.54) is 0 Å². The summed E-state index contributed by atoms with van der Waals surface area (Å²) in [5.74, 6) is 1.38. The standard InChI is InChI=1S/C10H9BrO3/c1-13-8-4-6(5-12)9(11)7-2-3-14-10(7)8/h4-5H,2-3H2,1H3. The molecule has 3 nitrogen and oxygen atoms in total. The van der Waals surface area contributed by atoms with Gasteiger partial charge < -0.3 is 9.47 Å². The molecule has 1 heterocycles. The van der Waals surface area contributed by atoms with E-state index in [0.29, 0.717) is 17.9 Å². The zero-order valence-corrected chi connectivity index (χ0v) is 9.26. The van der Waals surface area contributed by atoms with Crippen LogP contribution < -0.4 is 9.47 Å². The topological polar surface area (TPSA) is 35.5 Å². The van der Waals surface area contributed by atoms with Gasteiger partial charge in [-0.05, 0) is 22.0 Å². The minimum Gasteiger partial charge on any atom is -0.493 e. The predicted molar refractivity (Wildman–Crippen MR) is 55.3 cm³/mol. The van der Waals surface area contributed by atoms with E-state index in [1.54, 1.807) is 13.2 Å². The van der Waals surface area contributed by atoms with Crippen LogP contribution in [0.1, 0.15) is 15.9 Å². The van der Waals surface area contributed by atoms with Gasteiger partial charge in [-0.25, -0.2) is 0 Å². The highest BCUT2D eigenvalue weighted by atomic mass is 79.9. The number of carbonyl (C=O) groups excluding carboxylic acids is 1. The van der Waals surface area contributed by atoms with Gasteiger partial charge in [0, 0.05) is 22.0 Å². The molecule has 0 N–H and O–H groups in total. The second-order valence-corrected chi connectivity index (χ2v) is 3.80. The molecule has 1 aliphatic heterocycles. The number of methoxy groups -OCH3 is 1. The van der Waals surface area contributed by atoms with E-state index in [0.717, 1.165) is 28.5 Å². The maximum absolute atomic E-state index is 10.8. The van der Waals surface area contributed by atoms with Gasteiger partial charge in [0.05, 0.1) is 13.7 Å². The SMILES string of the molecule is COc1cc(C=O)c(Br)c2c1OCC2. The van der Waals surface area contributed by atoms with Crippen LogP contribution in [-0.4, -0.2) is 20.0 Å². The molecule has 0 aromatic heterocycles. The number of benzene rings is 1. The lowest BCUT2D eigenvalue weighted by Gasteiger charge is -2.09. The van der Waals surface area contributed by atoms with Gasteiger partial charge in [-0.2, -0.15) is 0 Å². The Morgan fingerprint density at radius 2 is 2.43 bits per heavy atom. The Morgan fingerprint density at radius 3 is 3.07 bits per heavy atom. The van der Waals surface area contributed by atoms with Crippen molar-refractivity contribution in [2.45, 2.75) is 6.42 Å². The van der Waals surface area contributed by atoms with Crippen molar-refractivity contribution < 1.29 is 14.3 Å². The number of ether oxygens (including phenoxy) is 2. The molecule has 4 heteroatoms. The highest BCUT2D eigenvalue weighted by Gasteiger charge is 2.22. The number of aldehydes is 1. The Kier molecular flexibility index (Phi) is 2.46. The fraction of sp³-hybridized carbons (Fsp3) is 0.300. The molecular formula is C10H9BrO3. The lowest BCUT2D eigenvalue weighted by Crippen LogP contribution is -1.93. The molecule has 0 saturated heterocycles. The lowest BCUT2D eigenvalue weighted by molar-refractivity contribution is 0.112. The first-order chi connectivity index (χ1) is 6.77. The van der Waals surface area contributed by atoms with Crippen molar-refractivity contribution in [3.63, 3.8) is 0 Å². The quantitative estimate of drug-likeness (QED) is 0.762. The van der Waals surface area contributed by atoms with Crippen molar-refractivity contribution in [2.24, 2.45) is 0 Å². The molecule has 0 saturated carbocycles. The predicted octanol–water partition coefficient (Wildman–Crippen LogP) is 2.21. The van der Waals surface area contributed by atoms with E-state index in [2.05, 4.69) is 15.9 Å². The summed E-state index contributed by atoms with van der Waals surface area (Å²) in [5.41, 5.74) is 1.62. The first-order valence-electron chi connectivity index (χ1n) is 4.25. The Balaban J connectivity index is 2.66. The summed E-state index contributed by atoms with van der Waals surface area (Å²) < 4.78 is 11.4. The summed E-state index contributed by atoms with van der Waals surface area (Å²) in [6.45, 7) is 0.645. The van der Waals surface area contributed by atoms with E-state index in [-0.39, 0.29) is 0 Å². The zero-order valence-electron chi connectivity index (χ0n) is 7.67. The first kappa shape index (κ1) is 9.52. The lowest BCUT2D eigenvalue weighted by atomic mass is 10.1. The van der Waals surface area contributed by atoms with Gasteiger partial charge in [0.2, 0.25) is 0 Å². The molecule has 0 fully saturated rings. The molecular weight excluding hydrogens is 248 g/mol. The molecule has 74 valence electrons. The van der Waals surface area contributed by atoms with Crippen LogP contribution in [-0.2, 0) is 6.42 Å². The minimum absolute atomic E-state index is 0.603. The molecule has 0 unspecified atom stereocenters. The van der Waals surface area contributed by atoms with Gasteiger partial charge in [0.15, 0.2) is 17.8 Å². The molecule has 1 aromatic rings. The van der Waals surface area contributed by atoms with Crippen molar-refractivity contribution in [3.8, 4) is 11.5 Å². The third-order valence-electron chi connectivity index (χ3n) is 2.25. The third-order valence-corrected chi connectivity index (χ3v) is 3.18. The zero-order chi connectivity index (χ0) is 10.1. The van der Waals surface area contributed by atoms with E-state index >= 15 is 0 Å². The molecule has 14 heavy (non-hydrogen) atoms. The van der Waals surface area contributed by atoms with Crippen LogP contribution in [0.3, 0.4) is 0 Å². The van der Waals surface area contributed by atoms with Crippen LogP contribution in [0.4, 0.5) is 0 Å². The van der Waals surface area contributed by atoms with Crippen LogP contribution >= 0.6 is 15.9 Å². The van der Waals surface area contributed by atoms with Crippen LogP contribution in [0, 0.1) is 0 Å². The van der Waals surface area contributed by atoms with Gasteiger partial charge in [0.25, 0.3) is 0 Å². The van der Waals surface area contributed by atoms with Crippen molar-refractivity contribution in [1.29, 1.82) is 0 Å². The molecule has 0 atom stereocenters. The normalized spacial score (nSPS) is 13.3. The van der Waals surface area contributed by atoms with E-state index in [1.807, 2.05) is 0 Å². The van der Waals surface area contributed by atoms with E-state index in [4.69, 9.17) is 9.47 Å². The molecule has 0 amide bonds. The molecule has 0 radical (unpaired) electrons. The Bertz CT molecular complexity index is 387. The second-order valence-electron chi connectivity index (χ2n) is 3.01. The summed E-state index contributed by atoms with van der Waals surface area (Å²) >= 11 is 3.39. The molecule has 1 aromatic carbocycles. The average Bonchev–Trinajstić information content (AvgIpc) is 2.68. The fourth-order valence-electron chi connectivity index (χ4n) is 1.57. The highest BCUT2D eigenvalue weighted by molar-refractivity contribution is 9.10. The van der Waals surface area contributed by atoms with E-state index in [9.17, 15) is 4.79 Å². The first-order valence-corrected chi connectivity index (χ1v) is 5.04. The summed E-state index contributed by atoms with van der Waals surface area (Å²) in [6.07, 6.45) is 1.62. The van der Waals surface area contributed by atoms with Gasteiger partial charge >= 0.3 is 0 Å². The third kappa shape index (κ3) is 1.30. The second kappa shape index (κ2) is 3.61. The van der Waals surface area contributed by atoms with Crippen molar-refractivity contribution in [2.75, 3.05) is 13.7 Å². The number of fused-ring (bicyclic) bond motifs is 1. The van der Waals surface area contributed by atoms with Crippen LogP contribution in [0.2, 0.25) is 0 Å². The fourth-order valence-corrected chi connectivity index (χ4v) is 2.15. The maximum atomic E-state index is 10.8. The number of hydrogen-bond donors (Lipinski definition) is 0. The summed E-state index contributed by atoms with van der Waals surface area (Å²) in [7, 11) is 1.57. The highest BCUT2D eigenvalue weighted by Crippen LogP contribution is 2.41. The smallest absolute Gasteiger partial charge is 0.165 e. The van der Waals surface area contributed by atoms with Crippen molar-refractivity contribution in [3.05, 3.63) is 21.7 Å². The molecule has 1 aliphatic rings. The maximum Gasteiger partial charge on any atom is 0.165 e. The Morgan fingerprint density at radius 1 is 1.64 bits per heavy atom. The average molecular weight is 257 g/mol. The molecule has 0 bridgehead atoms. The number of carbonyl (C=O) groups is 1. The Hall–Kier alpha value is -1.03. The number of hydrogen-bond acceptors (Lipinski definition) is 3. The van der Waals surface area contributed by atoms with Crippen molar-refractivity contribution in [1.82, 2.24) is 0 Å². The monoisotopic (exact) mass is 256 g/mol. The largest absolute Gasteiger partial charge is 0.493 e. The number of rotatable bonds is 2. The van der Waals surface area contributed by atoms with Gasteiger partial charge in [-0.3, -0.25) is 4.79 Å². The van der Waals surface area contributed by atoms with Gasteiger partial charge in [0.1, 0.15) is 0 Å². The van der Waals surface area contributed by atoms with Crippen LogP contribution in [0.15, 0.2) is 10.5 Å². The molecule has 0 spiro atoms. The van der Waals surface area contributed by atoms with Crippen LogP contribution in [0.5, 0.6) is 11.5 Å². The van der Waals surface area contributed by atoms with Gasteiger partial charge in [-0.15, -0.1) is 0 Å². The summed E-state index contributed by atoms with van der Waals surface area (Å²) in [6, 6.07) is 1.68.